The van der Waals surface area contributed by atoms with Gasteiger partial charge < -0.3 is 27.0 Å². The van der Waals surface area contributed by atoms with Gasteiger partial charge >= 0.3 is 41.5 Å². The molecule has 4 atom stereocenters. The van der Waals surface area contributed by atoms with Gasteiger partial charge in [0.15, 0.2) is 0 Å². The maximum atomic E-state index is 10.6. The Morgan fingerprint density at radius 2 is 1.58 bits per heavy atom. The van der Waals surface area contributed by atoms with Crippen LogP contribution < -0.4 is 29.6 Å². The van der Waals surface area contributed by atoms with E-state index < -0.39 is 53.1 Å². The summed E-state index contributed by atoms with van der Waals surface area (Å²) in [6.07, 6.45) is -7.91. The molecule has 0 aliphatic heterocycles. The van der Waals surface area contributed by atoms with E-state index in [1.54, 1.807) is 0 Å². The molecule has 0 aromatic rings. The fourth-order valence-corrected chi connectivity index (χ4v) is 0.878. The maximum Gasteiger partial charge on any atom is 1.00 e. The van der Waals surface area contributed by atoms with Gasteiger partial charge in [-0.15, -0.1) is 0 Å². The number of carboxylic acids is 1. The molecule has 0 spiro atoms. The molecule has 0 saturated heterocycles. The van der Waals surface area contributed by atoms with Gasteiger partial charge in [0.25, 0.3) is 10.1 Å². The first-order chi connectivity index (χ1) is 10.4. The molecule has 0 aliphatic rings. The van der Waals surface area contributed by atoms with E-state index in [9.17, 15) is 28.2 Å². The summed E-state index contributed by atoms with van der Waals surface area (Å²) in [7, 11) is -3.66. The van der Waals surface area contributed by atoms with Crippen LogP contribution in [0.2, 0.25) is 0 Å². The number of carboxylic acid groups (broad SMARTS) is 1. The van der Waals surface area contributed by atoms with Crippen LogP contribution in [0.25, 0.3) is 0 Å². The van der Waals surface area contributed by atoms with Gasteiger partial charge in [-0.25, -0.2) is 9.59 Å². The molecule has 0 rings (SSSR count). The van der Waals surface area contributed by atoms with Crippen molar-refractivity contribution >= 4 is 22.1 Å². The molecule has 0 heterocycles. The minimum absolute atomic E-state index is 0. The van der Waals surface area contributed by atoms with Gasteiger partial charge in [0.1, 0.15) is 18.3 Å². The summed E-state index contributed by atoms with van der Waals surface area (Å²) in [6, 6.07) is 0. The SMILES string of the molecule is CC(=O)OO[C@@H](C(=O)O)[C@@H](O)[C@H](O)[C@H](O)CO.CCS(=O)(=O)O.[H-].[Na+]. The molecule has 0 amide bonds. The Morgan fingerprint density at radius 3 is 1.83 bits per heavy atom. The van der Waals surface area contributed by atoms with E-state index in [0.717, 1.165) is 6.92 Å². The topological polar surface area (TPSA) is 208 Å². The Bertz CT molecular complexity index is 473. The number of carbonyl (C=O) groups excluding carboxylic acids is 1. The van der Waals surface area contributed by atoms with Crippen molar-refractivity contribution in [3.63, 3.8) is 0 Å². The number of carbonyl (C=O) groups is 2. The average molecular weight is 388 g/mol. The van der Waals surface area contributed by atoms with Crippen molar-refractivity contribution in [1.82, 2.24) is 0 Å². The molecular weight excluding hydrogens is 367 g/mol. The first-order valence-corrected chi connectivity index (χ1v) is 7.65. The summed E-state index contributed by atoms with van der Waals surface area (Å²) in [5.41, 5.74) is 0. The third-order valence-corrected chi connectivity index (χ3v) is 2.85. The second kappa shape index (κ2) is 13.9. The van der Waals surface area contributed by atoms with Crippen LogP contribution in [-0.2, 0) is 29.5 Å². The van der Waals surface area contributed by atoms with E-state index in [1.165, 1.54) is 6.92 Å². The third-order valence-electron chi connectivity index (χ3n) is 2.12. The summed E-state index contributed by atoms with van der Waals surface area (Å²) < 4.78 is 26.9. The van der Waals surface area contributed by atoms with Gasteiger partial charge in [-0.1, -0.05) is 0 Å². The smallest absolute Gasteiger partial charge is 1.00 e. The summed E-state index contributed by atoms with van der Waals surface area (Å²) in [6.45, 7) is 1.41. The molecule has 140 valence electrons. The standard InChI is InChI=1S/C8H14O9.C2H6O3S.Na.H/c1-3(10)16-17-7(8(14)15)6(13)5(12)4(11)2-9;1-2-6(3,4)5;;/h4-7,9,11-13H,2H2,1H3,(H,14,15);2H2,1H3,(H,3,4,5);;/q;;+1;-1/t4-,5-,6+,7-;;;/m1.../s1. The van der Waals surface area contributed by atoms with Crippen molar-refractivity contribution in [2.24, 2.45) is 0 Å². The second-order valence-electron chi connectivity index (χ2n) is 4.03. The van der Waals surface area contributed by atoms with Gasteiger partial charge in [0.2, 0.25) is 6.10 Å². The molecule has 0 aromatic carbocycles. The minimum atomic E-state index is -3.66. The van der Waals surface area contributed by atoms with Gasteiger partial charge in [-0.05, 0) is 6.92 Å². The molecule has 14 heteroatoms. The molecule has 0 fully saturated rings. The van der Waals surface area contributed by atoms with Crippen molar-refractivity contribution in [2.45, 2.75) is 38.3 Å². The van der Waals surface area contributed by atoms with Crippen molar-refractivity contribution in [1.29, 1.82) is 0 Å². The zero-order chi connectivity index (χ0) is 18.8. The van der Waals surface area contributed by atoms with Crippen molar-refractivity contribution < 1.29 is 88.9 Å². The van der Waals surface area contributed by atoms with Gasteiger partial charge in [0, 0.05) is 6.92 Å². The number of rotatable bonds is 8. The van der Waals surface area contributed by atoms with E-state index in [-0.39, 0.29) is 36.7 Å². The molecule has 0 saturated carbocycles. The normalized spacial score (nSPS) is 15.6. The zero-order valence-electron chi connectivity index (χ0n) is 14.3. The molecule has 0 aliphatic carbocycles. The number of hydrogen-bond donors (Lipinski definition) is 6. The molecule has 24 heavy (non-hydrogen) atoms. The van der Waals surface area contributed by atoms with Crippen molar-refractivity contribution in [3.8, 4) is 0 Å². The quantitative estimate of drug-likeness (QED) is 0.0993. The molecule has 12 nitrogen and oxygen atoms in total. The Hall–Kier alpha value is -0.350. The minimum Gasteiger partial charge on any atom is -1.00 e. The first kappa shape index (κ1) is 28.5. The summed E-state index contributed by atoms with van der Waals surface area (Å²) in [5, 5.41) is 44.7. The largest absolute Gasteiger partial charge is 1.00 e. The van der Waals surface area contributed by atoms with E-state index in [2.05, 4.69) is 9.78 Å². The number of hydrogen-bond acceptors (Lipinski definition) is 10. The average Bonchev–Trinajstić information content (AvgIpc) is 2.44. The number of aliphatic carboxylic acids is 1. The Labute approximate surface area is 161 Å². The molecule has 0 bridgehead atoms. The predicted octanol–water partition coefficient (Wildman–Crippen LogP) is -5.98. The van der Waals surface area contributed by atoms with Gasteiger partial charge in [-0.3, -0.25) is 9.44 Å². The molecule has 0 unspecified atom stereocenters. The third kappa shape index (κ3) is 14.0. The molecule has 0 radical (unpaired) electrons. The van der Waals surface area contributed by atoms with Crippen LogP contribution in [0.1, 0.15) is 15.3 Å². The Kier molecular flexibility index (Phi) is 16.5. The van der Waals surface area contributed by atoms with Crippen LogP contribution in [0.15, 0.2) is 0 Å². The maximum absolute atomic E-state index is 10.6. The summed E-state index contributed by atoms with van der Waals surface area (Å²) in [4.78, 5) is 29.0. The fourth-order valence-electron chi connectivity index (χ4n) is 0.878. The van der Waals surface area contributed by atoms with Crippen LogP contribution in [0.4, 0.5) is 0 Å². The second-order valence-corrected chi connectivity index (χ2v) is 5.77. The summed E-state index contributed by atoms with van der Waals surface area (Å²) in [5.74, 6) is -2.88. The van der Waals surface area contributed by atoms with Gasteiger partial charge in [0.05, 0.1) is 12.4 Å². The number of aliphatic hydroxyl groups excluding tert-OH is 4. The van der Waals surface area contributed by atoms with Crippen LogP contribution in [0.3, 0.4) is 0 Å². The van der Waals surface area contributed by atoms with E-state index >= 15 is 0 Å². The number of aliphatic hydroxyl groups is 4. The molecular formula is C10H21NaO12S. The Morgan fingerprint density at radius 1 is 1.17 bits per heavy atom. The van der Waals surface area contributed by atoms with Crippen molar-refractivity contribution in [2.75, 3.05) is 12.4 Å². The van der Waals surface area contributed by atoms with Gasteiger partial charge in [-0.2, -0.15) is 13.3 Å². The van der Waals surface area contributed by atoms with Crippen LogP contribution >= 0.6 is 0 Å². The van der Waals surface area contributed by atoms with E-state index in [1.807, 2.05) is 0 Å². The first-order valence-electron chi connectivity index (χ1n) is 6.04. The monoisotopic (exact) mass is 388 g/mol. The molecule has 6 N–H and O–H groups in total. The predicted molar refractivity (Wildman–Crippen MR) is 72.6 cm³/mol. The molecule has 0 aromatic heterocycles. The van der Waals surface area contributed by atoms with Crippen LogP contribution in [-0.4, -0.2) is 87.2 Å². The van der Waals surface area contributed by atoms with Crippen LogP contribution in [0, 0.1) is 0 Å². The van der Waals surface area contributed by atoms with E-state index in [4.69, 9.17) is 19.9 Å². The Balaban J connectivity index is -0.000000238. The van der Waals surface area contributed by atoms with Crippen molar-refractivity contribution in [3.05, 3.63) is 0 Å². The zero-order valence-corrected chi connectivity index (χ0v) is 16.1. The van der Waals surface area contributed by atoms with E-state index in [0.29, 0.717) is 0 Å². The fraction of sp³-hybridized carbons (Fsp3) is 0.800. The summed E-state index contributed by atoms with van der Waals surface area (Å²) >= 11 is 0. The van der Waals surface area contributed by atoms with Crippen LogP contribution in [0.5, 0.6) is 0 Å².